The van der Waals surface area contributed by atoms with Crippen LogP contribution in [-0.4, -0.2) is 5.91 Å². The fraction of sp³-hybridized carbons (Fsp3) is 0.211. The smallest absolute Gasteiger partial charge is 0.248 e. The van der Waals surface area contributed by atoms with E-state index in [0.717, 1.165) is 21.2 Å². The highest BCUT2D eigenvalue weighted by Gasteiger charge is 1.99. The van der Waals surface area contributed by atoms with Gasteiger partial charge in [-0.15, -0.1) is 0 Å². The Hall–Kier alpha value is -1.62. The Morgan fingerprint density at radius 3 is 2.32 bits per heavy atom. The molecule has 0 atom stereocenters. The Morgan fingerprint density at radius 1 is 1.09 bits per heavy atom. The maximum atomic E-state index is 11.9. The van der Waals surface area contributed by atoms with Crippen molar-refractivity contribution in [3.05, 3.63) is 69.3 Å². The zero-order valence-electron chi connectivity index (χ0n) is 12.8. The minimum Gasteiger partial charge on any atom is -0.323 e. The van der Waals surface area contributed by atoms with Crippen LogP contribution >= 0.6 is 22.6 Å². The van der Waals surface area contributed by atoms with Crippen LogP contribution in [0.1, 0.15) is 25.0 Å². The van der Waals surface area contributed by atoms with Crippen molar-refractivity contribution in [1.82, 2.24) is 0 Å². The molecule has 0 radical (unpaired) electrons. The van der Waals surface area contributed by atoms with Gasteiger partial charge in [-0.1, -0.05) is 38.1 Å². The van der Waals surface area contributed by atoms with E-state index in [1.807, 2.05) is 42.5 Å². The summed E-state index contributed by atoms with van der Waals surface area (Å²) >= 11 is 2.24. The molecular formula is C19H20INO. The summed E-state index contributed by atoms with van der Waals surface area (Å²) < 4.78 is 1.15. The molecule has 0 aliphatic heterocycles. The molecule has 0 saturated carbocycles. The molecule has 2 nitrogen and oxygen atoms in total. The van der Waals surface area contributed by atoms with Crippen molar-refractivity contribution in [1.29, 1.82) is 0 Å². The minimum atomic E-state index is -0.118. The molecule has 1 N–H and O–H groups in total. The summed E-state index contributed by atoms with van der Waals surface area (Å²) in [6.07, 6.45) is 4.48. The molecule has 0 aromatic heterocycles. The highest BCUT2D eigenvalue weighted by Crippen LogP contribution is 2.12. The quantitative estimate of drug-likeness (QED) is 0.542. The summed E-state index contributed by atoms with van der Waals surface area (Å²) in [6, 6.07) is 16.1. The van der Waals surface area contributed by atoms with Crippen LogP contribution in [0.3, 0.4) is 0 Å². The van der Waals surface area contributed by atoms with Crippen molar-refractivity contribution in [3.8, 4) is 0 Å². The molecule has 1 amide bonds. The third-order valence-electron chi connectivity index (χ3n) is 3.16. The lowest BCUT2D eigenvalue weighted by molar-refractivity contribution is -0.111. The van der Waals surface area contributed by atoms with Crippen molar-refractivity contribution in [2.75, 3.05) is 5.32 Å². The maximum Gasteiger partial charge on any atom is 0.248 e. The highest BCUT2D eigenvalue weighted by molar-refractivity contribution is 14.1. The molecule has 3 heteroatoms. The summed E-state index contributed by atoms with van der Waals surface area (Å²) in [4.78, 5) is 11.9. The molecule has 0 spiro atoms. The van der Waals surface area contributed by atoms with Gasteiger partial charge in [-0.3, -0.25) is 4.79 Å². The summed E-state index contributed by atoms with van der Waals surface area (Å²) in [5.41, 5.74) is 3.17. The van der Waals surface area contributed by atoms with Crippen LogP contribution in [0.2, 0.25) is 0 Å². The van der Waals surface area contributed by atoms with Gasteiger partial charge in [0.1, 0.15) is 0 Å². The van der Waals surface area contributed by atoms with E-state index in [0.29, 0.717) is 5.92 Å². The van der Waals surface area contributed by atoms with E-state index in [2.05, 4.69) is 53.9 Å². The van der Waals surface area contributed by atoms with Gasteiger partial charge in [0.15, 0.2) is 0 Å². The second-order valence-corrected chi connectivity index (χ2v) is 6.91. The fourth-order valence-electron chi connectivity index (χ4n) is 2.13. The van der Waals surface area contributed by atoms with E-state index in [1.54, 1.807) is 6.08 Å². The molecule has 0 heterocycles. The Kier molecular flexibility index (Phi) is 6.19. The van der Waals surface area contributed by atoms with Crippen LogP contribution in [0, 0.1) is 9.49 Å². The lowest BCUT2D eigenvalue weighted by Gasteiger charge is -2.05. The third-order valence-corrected chi connectivity index (χ3v) is 3.88. The number of anilines is 1. The van der Waals surface area contributed by atoms with Crippen LogP contribution in [0.25, 0.3) is 6.08 Å². The lowest BCUT2D eigenvalue weighted by Crippen LogP contribution is -2.07. The number of carbonyl (C=O) groups is 1. The molecule has 0 saturated heterocycles. The zero-order chi connectivity index (χ0) is 15.9. The number of hydrogen-bond donors (Lipinski definition) is 1. The highest BCUT2D eigenvalue weighted by atomic mass is 127. The number of amides is 1. The first-order chi connectivity index (χ1) is 10.5. The van der Waals surface area contributed by atoms with E-state index < -0.39 is 0 Å². The Labute approximate surface area is 145 Å². The summed E-state index contributed by atoms with van der Waals surface area (Å²) in [5, 5.41) is 2.85. The zero-order valence-corrected chi connectivity index (χ0v) is 15.0. The largest absolute Gasteiger partial charge is 0.323 e. The molecule has 0 unspecified atom stereocenters. The molecular weight excluding hydrogens is 385 g/mol. The SMILES string of the molecule is CC(C)Cc1ccc(/C=C/C(=O)Nc2ccc(I)cc2)cc1. The Bertz CT molecular complexity index is 642. The van der Waals surface area contributed by atoms with Crippen LogP contribution < -0.4 is 5.32 Å². The first-order valence-corrected chi connectivity index (χ1v) is 8.44. The van der Waals surface area contributed by atoms with E-state index in [9.17, 15) is 4.79 Å². The first kappa shape index (κ1) is 16.7. The van der Waals surface area contributed by atoms with Gasteiger partial charge in [0.25, 0.3) is 0 Å². The number of halogens is 1. The normalized spacial score (nSPS) is 11.1. The standard InChI is InChI=1S/C19H20INO/c1-14(2)13-16-5-3-15(4-6-16)7-12-19(22)21-18-10-8-17(20)9-11-18/h3-12,14H,13H2,1-2H3,(H,21,22)/b12-7+. The lowest BCUT2D eigenvalue weighted by atomic mass is 10.0. The van der Waals surface area contributed by atoms with Crippen LogP contribution in [0.5, 0.6) is 0 Å². The monoisotopic (exact) mass is 405 g/mol. The average molecular weight is 405 g/mol. The van der Waals surface area contributed by atoms with Gasteiger partial charge in [-0.25, -0.2) is 0 Å². The van der Waals surface area contributed by atoms with Gasteiger partial charge in [-0.2, -0.15) is 0 Å². The maximum absolute atomic E-state index is 11.9. The third kappa shape index (κ3) is 5.64. The second-order valence-electron chi connectivity index (χ2n) is 5.67. The summed E-state index contributed by atoms with van der Waals surface area (Å²) in [6.45, 7) is 4.42. The molecule has 0 aliphatic carbocycles. The van der Waals surface area contributed by atoms with Crippen molar-refractivity contribution >= 4 is 40.3 Å². The molecule has 114 valence electrons. The van der Waals surface area contributed by atoms with E-state index in [1.165, 1.54) is 5.56 Å². The van der Waals surface area contributed by atoms with E-state index >= 15 is 0 Å². The number of hydrogen-bond acceptors (Lipinski definition) is 1. The average Bonchev–Trinajstić information content (AvgIpc) is 2.48. The number of carbonyl (C=O) groups excluding carboxylic acids is 1. The summed E-state index contributed by atoms with van der Waals surface area (Å²) in [5.74, 6) is 0.536. The van der Waals surface area contributed by atoms with Crippen molar-refractivity contribution in [3.63, 3.8) is 0 Å². The fourth-order valence-corrected chi connectivity index (χ4v) is 2.48. The van der Waals surface area contributed by atoms with Crippen molar-refractivity contribution in [2.45, 2.75) is 20.3 Å². The predicted molar refractivity (Wildman–Crippen MR) is 102 cm³/mol. The molecule has 0 bridgehead atoms. The van der Waals surface area contributed by atoms with Gasteiger partial charge in [0, 0.05) is 15.3 Å². The van der Waals surface area contributed by atoms with Gasteiger partial charge < -0.3 is 5.32 Å². The van der Waals surface area contributed by atoms with Gasteiger partial charge in [-0.05, 0) is 76.4 Å². The molecule has 0 aliphatic rings. The van der Waals surface area contributed by atoms with Crippen LogP contribution in [0.15, 0.2) is 54.6 Å². The molecule has 2 aromatic carbocycles. The Balaban J connectivity index is 1.93. The van der Waals surface area contributed by atoms with Crippen molar-refractivity contribution < 1.29 is 4.79 Å². The molecule has 2 aromatic rings. The van der Waals surface area contributed by atoms with Gasteiger partial charge >= 0.3 is 0 Å². The van der Waals surface area contributed by atoms with Gasteiger partial charge in [0.05, 0.1) is 0 Å². The second kappa shape index (κ2) is 8.13. The molecule has 2 rings (SSSR count). The topological polar surface area (TPSA) is 29.1 Å². The van der Waals surface area contributed by atoms with Gasteiger partial charge in [0.2, 0.25) is 5.91 Å². The summed E-state index contributed by atoms with van der Waals surface area (Å²) in [7, 11) is 0. The number of nitrogens with one attached hydrogen (secondary N) is 1. The minimum absolute atomic E-state index is 0.118. The van der Waals surface area contributed by atoms with Crippen LogP contribution in [0.4, 0.5) is 5.69 Å². The predicted octanol–water partition coefficient (Wildman–Crippen LogP) is 5.14. The van der Waals surface area contributed by atoms with Crippen LogP contribution in [-0.2, 0) is 11.2 Å². The number of benzene rings is 2. The van der Waals surface area contributed by atoms with E-state index in [-0.39, 0.29) is 5.91 Å². The van der Waals surface area contributed by atoms with E-state index in [4.69, 9.17) is 0 Å². The first-order valence-electron chi connectivity index (χ1n) is 7.36. The molecule has 22 heavy (non-hydrogen) atoms. The number of rotatable bonds is 5. The molecule has 0 fully saturated rings. The Morgan fingerprint density at radius 2 is 1.73 bits per heavy atom. The van der Waals surface area contributed by atoms with Crippen molar-refractivity contribution in [2.24, 2.45) is 5.92 Å².